The first kappa shape index (κ1) is 13.0. The van der Waals surface area contributed by atoms with Gasteiger partial charge in [0, 0.05) is 16.8 Å². The van der Waals surface area contributed by atoms with Gasteiger partial charge in [-0.05, 0) is 59.7 Å². The first-order valence-electron chi connectivity index (χ1n) is 7.18. The minimum absolute atomic E-state index is 0.0565. The van der Waals surface area contributed by atoms with Gasteiger partial charge >= 0.3 is 0 Å². The molecule has 0 saturated heterocycles. The molecule has 0 bridgehead atoms. The molecule has 0 aromatic heterocycles. The van der Waals surface area contributed by atoms with Crippen molar-refractivity contribution in [2.75, 3.05) is 11.5 Å². The van der Waals surface area contributed by atoms with Crippen LogP contribution in [-0.2, 0) is 5.41 Å². The van der Waals surface area contributed by atoms with Gasteiger partial charge in [-0.1, -0.05) is 32.0 Å². The van der Waals surface area contributed by atoms with E-state index in [2.05, 4.69) is 45.0 Å². The van der Waals surface area contributed by atoms with E-state index in [-0.39, 0.29) is 5.41 Å². The van der Waals surface area contributed by atoms with E-state index in [9.17, 15) is 0 Å². The molecule has 0 heterocycles. The van der Waals surface area contributed by atoms with Crippen molar-refractivity contribution in [1.82, 2.24) is 0 Å². The van der Waals surface area contributed by atoms with E-state index in [0.29, 0.717) is 5.92 Å². The summed E-state index contributed by atoms with van der Waals surface area (Å²) in [5, 5.41) is 0. The van der Waals surface area contributed by atoms with Gasteiger partial charge in [-0.2, -0.15) is 0 Å². The highest BCUT2D eigenvalue weighted by molar-refractivity contribution is 5.57. The molecule has 2 unspecified atom stereocenters. The van der Waals surface area contributed by atoms with Gasteiger partial charge < -0.3 is 11.5 Å². The molecule has 20 heavy (non-hydrogen) atoms. The molecule has 2 aromatic rings. The lowest BCUT2D eigenvalue weighted by Gasteiger charge is -2.27. The van der Waals surface area contributed by atoms with Gasteiger partial charge in [-0.15, -0.1) is 0 Å². The summed E-state index contributed by atoms with van der Waals surface area (Å²) in [7, 11) is 0. The van der Waals surface area contributed by atoms with E-state index in [1.807, 2.05) is 12.1 Å². The maximum absolute atomic E-state index is 5.96. The van der Waals surface area contributed by atoms with Crippen LogP contribution in [0.2, 0.25) is 0 Å². The van der Waals surface area contributed by atoms with Crippen LogP contribution in [-0.4, -0.2) is 0 Å². The fourth-order valence-corrected chi connectivity index (χ4v) is 3.62. The van der Waals surface area contributed by atoms with Crippen molar-refractivity contribution in [3.63, 3.8) is 0 Å². The summed E-state index contributed by atoms with van der Waals surface area (Å²) in [6.07, 6.45) is 1.12. The molecule has 0 amide bonds. The Morgan fingerprint density at radius 2 is 1.85 bits per heavy atom. The summed E-state index contributed by atoms with van der Waals surface area (Å²) in [6.45, 7) is 6.69. The number of benzene rings is 2. The van der Waals surface area contributed by atoms with Gasteiger partial charge in [0.05, 0.1) is 0 Å². The number of nitrogen functional groups attached to an aromatic ring is 2. The predicted molar refractivity (Wildman–Crippen MR) is 85.9 cm³/mol. The average Bonchev–Trinajstić information content (AvgIpc) is 2.65. The quantitative estimate of drug-likeness (QED) is 0.767. The predicted octanol–water partition coefficient (Wildman–Crippen LogP) is 3.97. The van der Waals surface area contributed by atoms with Gasteiger partial charge in [-0.3, -0.25) is 0 Å². The van der Waals surface area contributed by atoms with Crippen LogP contribution in [0.4, 0.5) is 11.4 Å². The second kappa shape index (κ2) is 4.27. The Morgan fingerprint density at radius 1 is 1.10 bits per heavy atom. The van der Waals surface area contributed by atoms with Gasteiger partial charge in [0.15, 0.2) is 0 Å². The number of rotatable bonds is 1. The third-order valence-corrected chi connectivity index (χ3v) is 4.82. The Kier molecular flexibility index (Phi) is 2.79. The number of nitrogens with two attached hydrogens (primary N) is 2. The molecular formula is C18H22N2. The van der Waals surface area contributed by atoms with Crippen molar-refractivity contribution in [3.8, 4) is 0 Å². The lowest BCUT2D eigenvalue weighted by molar-refractivity contribution is 0.526. The second-order valence-electron chi connectivity index (χ2n) is 6.36. The first-order valence-corrected chi connectivity index (χ1v) is 7.18. The van der Waals surface area contributed by atoms with E-state index in [1.165, 1.54) is 16.7 Å². The Balaban J connectivity index is 2.17. The third-order valence-electron chi connectivity index (χ3n) is 4.82. The largest absolute Gasteiger partial charge is 0.399 e. The molecule has 2 nitrogen and oxygen atoms in total. The average molecular weight is 266 g/mol. The molecule has 104 valence electrons. The lowest BCUT2D eigenvalue weighted by Crippen LogP contribution is -2.20. The van der Waals surface area contributed by atoms with Crippen molar-refractivity contribution in [1.29, 1.82) is 0 Å². The van der Waals surface area contributed by atoms with E-state index in [0.717, 1.165) is 23.4 Å². The van der Waals surface area contributed by atoms with Crippen molar-refractivity contribution in [3.05, 3.63) is 58.7 Å². The summed E-state index contributed by atoms with van der Waals surface area (Å²) >= 11 is 0. The SMILES string of the molecule is Cc1cc(C2(C)CC(C)c3cc(N)ccc32)ccc1N. The normalized spacial score (nSPS) is 24.6. The molecule has 1 aliphatic rings. The zero-order valence-electron chi connectivity index (χ0n) is 12.4. The van der Waals surface area contributed by atoms with E-state index in [1.54, 1.807) is 0 Å². The molecule has 0 fully saturated rings. The van der Waals surface area contributed by atoms with Crippen LogP contribution in [0.25, 0.3) is 0 Å². The van der Waals surface area contributed by atoms with Crippen molar-refractivity contribution in [2.45, 2.75) is 38.5 Å². The molecule has 2 aromatic carbocycles. The molecule has 4 N–H and O–H groups in total. The Bertz CT molecular complexity index is 675. The van der Waals surface area contributed by atoms with Crippen molar-refractivity contribution >= 4 is 11.4 Å². The summed E-state index contributed by atoms with van der Waals surface area (Å²) < 4.78 is 0. The van der Waals surface area contributed by atoms with Gasteiger partial charge in [0.1, 0.15) is 0 Å². The van der Waals surface area contributed by atoms with E-state index in [4.69, 9.17) is 11.5 Å². The molecule has 2 atom stereocenters. The minimum atomic E-state index is 0.0565. The number of hydrogen-bond acceptors (Lipinski definition) is 2. The van der Waals surface area contributed by atoms with Gasteiger partial charge in [0.2, 0.25) is 0 Å². The second-order valence-corrected chi connectivity index (χ2v) is 6.36. The van der Waals surface area contributed by atoms with Crippen LogP contribution in [0.5, 0.6) is 0 Å². The molecule has 1 aliphatic carbocycles. The van der Waals surface area contributed by atoms with E-state index >= 15 is 0 Å². The maximum Gasteiger partial charge on any atom is 0.0343 e. The first-order chi connectivity index (χ1) is 9.41. The Hall–Kier alpha value is -1.96. The summed E-state index contributed by atoms with van der Waals surface area (Å²) in [6, 6.07) is 12.8. The molecule has 3 rings (SSSR count). The van der Waals surface area contributed by atoms with Crippen LogP contribution in [0.1, 0.15) is 48.4 Å². The van der Waals surface area contributed by atoms with Crippen LogP contribution in [0.3, 0.4) is 0 Å². The fourth-order valence-electron chi connectivity index (χ4n) is 3.62. The Labute approximate surface area is 120 Å². The number of hydrogen-bond donors (Lipinski definition) is 2. The zero-order valence-corrected chi connectivity index (χ0v) is 12.4. The molecular weight excluding hydrogens is 244 g/mol. The number of aryl methyl sites for hydroxylation is 1. The van der Waals surface area contributed by atoms with Crippen LogP contribution >= 0.6 is 0 Å². The number of fused-ring (bicyclic) bond motifs is 1. The molecule has 0 saturated carbocycles. The monoisotopic (exact) mass is 266 g/mol. The maximum atomic E-state index is 5.96. The zero-order chi connectivity index (χ0) is 14.5. The Morgan fingerprint density at radius 3 is 2.55 bits per heavy atom. The summed E-state index contributed by atoms with van der Waals surface area (Å²) in [4.78, 5) is 0. The molecule has 2 heteroatoms. The third kappa shape index (κ3) is 1.79. The van der Waals surface area contributed by atoms with Gasteiger partial charge in [0.25, 0.3) is 0 Å². The smallest absolute Gasteiger partial charge is 0.0343 e. The highest BCUT2D eigenvalue weighted by atomic mass is 14.6. The molecule has 0 radical (unpaired) electrons. The minimum Gasteiger partial charge on any atom is -0.399 e. The molecule has 0 aliphatic heterocycles. The standard InChI is InChI=1S/C18H22N2/c1-11-8-13(4-7-17(11)20)18(3)10-12(2)15-9-14(19)5-6-16(15)18/h4-9,12H,10,19-20H2,1-3H3. The number of anilines is 2. The van der Waals surface area contributed by atoms with Gasteiger partial charge in [-0.25, -0.2) is 0 Å². The van der Waals surface area contributed by atoms with Crippen LogP contribution < -0.4 is 11.5 Å². The fraction of sp³-hybridized carbons (Fsp3) is 0.333. The lowest BCUT2D eigenvalue weighted by atomic mass is 9.76. The summed E-state index contributed by atoms with van der Waals surface area (Å²) in [5.74, 6) is 0.538. The summed E-state index contributed by atoms with van der Waals surface area (Å²) in [5.41, 5.74) is 19.0. The van der Waals surface area contributed by atoms with Crippen LogP contribution in [0.15, 0.2) is 36.4 Å². The highest BCUT2D eigenvalue weighted by Gasteiger charge is 2.39. The highest BCUT2D eigenvalue weighted by Crippen LogP contribution is 2.50. The topological polar surface area (TPSA) is 52.0 Å². The van der Waals surface area contributed by atoms with E-state index < -0.39 is 0 Å². The molecule has 0 spiro atoms. The van der Waals surface area contributed by atoms with Crippen molar-refractivity contribution in [2.24, 2.45) is 0 Å². The van der Waals surface area contributed by atoms with Crippen molar-refractivity contribution < 1.29 is 0 Å². The van der Waals surface area contributed by atoms with Crippen LogP contribution in [0, 0.1) is 6.92 Å².